The van der Waals surface area contributed by atoms with Crippen LogP contribution in [-0.2, 0) is 17.8 Å². The summed E-state index contributed by atoms with van der Waals surface area (Å²) in [6.07, 6.45) is 2.08. The number of rotatable bonds is 5. The Morgan fingerprint density at radius 2 is 1.96 bits per heavy atom. The summed E-state index contributed by atoms with van der Waals surface area (Å²) in [4.78, 5) is 12.2. The monoisotopic (exact) mass is 357 g/mol. The van der Waals surface area contributed by atoms with Gasteiger partial charge >= 0.3 is 0 Å². The molecule has 1 amide bonds. The van der Waals surface area contributed by atoms with E-state index < -0.39 is 5.82 Å². The first-order valence-electron chi connectivity index (χ1n) is 7.84. The molecule has 1 aromatic heterocycles. The van der Waals surface area contributed by atoms with Gasteiger partial charge in [-0.3, -0.25) is 4.79 Å². The molecule has 1 heterocycles. The van der Waals surface area contributed by atoms with Crippen LogP contribution in [0.1, 0.15) is 16.8 Å². The van der Waals surface area contributed by atoms with E-state index in [-0.39, 0.29) is 18.9 Å². The van der Waals surface area contributed by atoms with Gasteiger partial charge in [-0.05, 0) is 36.8 Å². The molecular weight excluding hydrogens is 341 g/mol. The Morgan fingerprint density at radius 3 is 2.68 bits per heavy atom. The SMILES string of the molecule is Cc1nn(-c2ccccc2)cc1CC(=O)NCc1ccc(F)cc1Cl. The smallest absolute Gasteiger partial charge is 0.224 e. The minimum atomic E-state index is -0.399. The number of halogens is 2. The van der Waals surface area contributed by atoms with Crippen LogP contribution < -0.4 is 5.32 Å². The third kappa shape index (κ3) is 4.25. The van der Waals surface area contributed by atoms with Crippen molar-refractivity contribution in [3.05, 3.63) is 82.4 Å². The highest BCUT2D eigenvalue weighted by Gasteiger charge is 2.11. The van der Waals surface area contributed by atoms with Crippen LogP contribution in [0.4, 0.5) is 4.39 Å². The summed E-state index contributed by atoms with van der Waals surface area (Å²) in [7, 11) is 0. The van der Waals surface area contributed by atoms with Gasteiger partial charge in [0.2, 0.25) is 5.91 Å². The van der Waals surface area contributed by atoms with Gasteiger partial charge in [0.1, 0.15) is 5.82 Å². The van der Waals surface area contributed by atoms with Gasteiger partial charge in [-0.25, -0.2) is 9.07 Å². The van der Waals surface area contributed by atoms with Gasteiger partial charge in [0, 0.05) is 23.3 Å². The number of carbonyl (C=O) groups is 1. The lowest BCUT2D eigenvalue weighted by atomic mass is 10.1. The first-order chi connectivity index (χ1) is 12.0. The summed E-state index contributed by atoms with van der Waals surface area (Å²) < 4.78 is 14.8. The van der Waals surface area contributed by atoms with E-state index in [0.717, 1.165) is 16.9 Å². The van der Waals surface area contributed by atoms with Crippen LogP contribution in [0, 0.1) is 12.7 Å². The maximum atomic E-state index is 13.0. The number of hydrogen-bond acceptors (Lipinski definition) is 2. The molecule has 0 aliphatic carbocycles. The minimum absolute atomic E-state index is 0.142. The van der Waals surface area contributed by atoms with Gasteiger partial charge in [0.05, 0.1) is 17.8 Å². The molecule has 0 fully saturated rings. The van der Waals surface area contributed by atoms with E-state index in [1.54, 1.807) is 10.7 Å². The summed E-state index contributed by atoms with van der Waals surface area (Å²) in [5.41, 5.74) is 3.27. The highest BCUT2D eigenvalue weighted by molar-refractivity contribution is 6.31. The maximum absolute atomic E-state index is 13.0. The van der Waals surface area contributed by atoms with Gasteiger partial charge in [0.15, 0.2) is 0 Å². The fourth-order valence-corrected chi connectivity index (χ4v) is 2.71. The van der Waals surface area contributed by atoms with Crippen molar-refractivity contribution in [1.82, 2.24) is 15.1 Å². The number of amides is 1. The van der Waals surface area contributed by atoms with Crippen LogP contribution in [0.2, 0.25) is 5.02 Å². The first-order valence-corrected chi connectivity index (χ1v) is 8.22. The Hall–Kier alpha value is -2.66. The van der Waals surface area contributed by atoms with Gasteiger partial charge in [-0.2, -0.15) is 5.10 Å². The Bertz CT molecular complexity index is 893. The van der Waals surface area contributed by atoms with Crippen molar-refractivity contribution < 1.29 is 9.18 Å². The fourth-order valence-electron chi connectivity index (χ4n) is 2.48. The third-order valence-electron chi connectivity index (χ3n) is 3.86. The van der Waals surface area contributed by atoms with Gasteiger partial charge in [-0.15, -0.1) is 0 Å². The second-order valence-electron chi connectivity index (χ2n) is 5.71. The lowest BCUT2D eigenvalue weighted by Crippen LogP contribution is -2.24. The summed E-state index contributed by atoms with van der Waals surface area (Å²) in [5, 5.41) is 7.55. The topological polar surface area (TPSA) is 46.9 Å². The van der Waals surface area contributed by atoms with Gasteiger partial charge in [0.25, 0.3) is 0 Å². The van der Waals surface area contributed by atoms with Crippen LogP contribution in [0.5, 0.6) is 0 Å². The van der Waals surface area contributed by atoms with Crippen molar-refractivity contribution in [3.8, 4) is 5.69 Å². The molecule has 0 atom stereocenters. The van der Waals surface area contributed by atoms with E-state index in [4.69, 9.17) is 11.6 Å². The van der Waals surface area contributed by atoms with Crippen LogP contribution in [-0.4, -0.2) is 15.7 Å². The molecule has 25 heavy (non-hydrogen) atoms. The van der Waals surface area contributed by atoms with Crippen molar-refractivity contribution in [3.63, 3.8) is 0 Å². The molecule has 2 aromatic carbocycles. The molecule has 3 aromatic rings. The largest absolute Gasteiger partial charge is 0.352 e. The Balaban J connectivity index is 1.64. The number of benzene rings is 2. The van der Waals surface area contributed by atoms with E-state index in [1.165, 1.54) is 12.1 Å². The van der Waals surface area contributed by atoms with Crippen molar-refractivity contribution >= 4 is 17.5 Å². The molecule has 4 nitrogen and oxygen atoms in total. The van der Waals surface area contributed by atoms with E-state index in [1.807, 2.05) is 43.5 Å². The molecule has 0 bridgehead atoms. The van der Waals surface area contributed by atoms with Crippen molar-refractivity contribution in [1.29, 1.82) is 0 Å². The maximum Gasteiger partial charge on any atom is 0.224 e. The number of nitrogens with zero attached hydrogens (tertiary/aromatic N) is 2. The predicted molar refractivity (Wildman–Crippen MR) is 95.3 cm³/mol. The minimum Gasteiger partial charge on any atom is -0.352 e. The number of aryl methyl sites for hydroxylation is 1. The number of hydrogen-bond donors (Lipinski definition) is 1. The van der Waals surface area contributed by atoms with E-state index in [9.17, 15) is 9.18 Å². The average Bonchev–Trinajstić information content (AvgIpc) is 2.95. The zero-order valence-corrected chi connectivity index (χ0v) is 14.4. The van der Waals surface area contributed by atoms with Crippen molar-refractivity contribution in [2.45, 2.75) is 19.9 Å². The molecule has 128 valence electrons. The number of carbonyl (C=O) groups excluding carboxylic acids is 1. The summed E-state index contributed by atoms with van der Waals surface area (Å²) >= 11 is 5.96. The number of nitrogens with one attached hydrogen (secondary N) is 1. The highest BCUT2D eigenvalue weighted by atomic mass is 35.5. The highest BCUT2D eigenvalue weighted by Crippen LogP contribution is 2.17. The molecule has 0 radical (unpaired) electrons. The molecule has 0 saturated carbocycles. The Labute approximate surface area is 150 Å². The second kappa shape index (κ2) is 7.49. The number of para-hydroxylation sites is 1. The van der Waals surface area contributed by atoms with Gasteiger partial charge in [-0.1, -0.05) is 35.9 Å². The second-order valence-corrected chi connectivity index (χ2v) is 6.12. The zero-order chi connectivity index (χ0) is 17.8. The molecule has 0 aliphatic rings. The summed E-state index contributed by atoms with van der Waals surface area (Å²) in [5.74, 6) is -0.542. The summed E-state index contributed by atoms with van der Waals surface area (Å²) in [6.45, 7) is 2.13. The molecule has 0 spiro atoms. The van der Waals surface area contributed by atoms with E-state index >= 15 is 0 Å². The Morgan fingerprint density at radius 1 is 1.20 bits per heavy atom. The lowest BCUT2D eigenvalue weighted by molar-refractivity contribution is -0.120. The lowest BCUT2D eigenvalue weighted by Gasteiger charge is -2.07. The first kappa shape index (κ1) is 17.2. The molecule has 1 N–H and O–H groups in total. The van der Waals surface area contributed by atoms with Crippen LogP contribution in [0.3, 0.4) is 0 Å². The fraction of sp³-hybridized carbons (Fsp3) is 0.158. The van der Waals surface area contributed by atoms with Crippen LogP contribution >= 0.6 is 11.6 Å². The quantitative estimate of drug-likeness (QED) is 0.754. The molecule has 0 unspecified atom stereocenters. The van der Waals surface area contributed by atoms with Crippen molar-refractivity contribution in [2.24, 2.45) is 0 Å². The van der Waals surface area contributed by atoms with Gasteiger partial charge < -0.3 is 5.32 Å². The van der Waals surface area contributed by atoms with Crippen LogP contribution in [0.25, 0.3) is 5.69 Å². The van der Waals surface area contributed by atoms with E-state index in [0.29, 0.717) is 10.6 Å². The molecule has 3 rings (SSSR count). The normalized spacial score (nSPS) is 10.7. The third-order valence-corrected chi connectivity index (χ3v) is 4.22. The average molecular weight is 358 g/mol. The zero-order valence-electron chi connectivity index (χ0n) is 13.7. The van der Waals surface area contributed by atoms with E-state index in [2.05, 4.69) is 10.4 Å². The summed E-state index contributed by atoms with van der Waals surface area (Å²) in [6, 6.07) is 13.8. The number of aromatic nitrogens is 2. The predicted octanol–water partition coefficient (Wildman–Crippen LogP) is 3.83. The van der Waals surface area contributed by atoms with Crippen LogP contribution in [0.15, 0.2) is 54.7 Å². The molecule has 0 saturated heterocycles. The van der Waals surface area contributed by atoms with Crippen molar-refractivity contribution in [2.75, 3.05) is 0 Å². The molecule has 6 heteroatoms. The Kier molecular flexibility index (Phi) is 5.14. The standard InChI is InChI=1S/C19H17ClFN3O/c1-13-15(12-24(23-13)17-5-3-2-4-6-17)9-19(25)22-11-14-7-8-16(21)10-18(14)20/h2-8,10,12H,9,11H2,1H3,(H,22,25). The molecular formula is C19H17ClFN3O. The molecule has 0 aliphatic heterocycles.